The topological polar surface area (TPSA) is 46.2 Å². The lowest BCUT2D eigenvalue weighted by molar-refractivity contribution is -0.0882. The molecule has 0 fully saturated rings. The minimum absolute atomic E-state index is 0.0367. The van der Waals surface area contributed by atoms with Gasteiger partial charge in [-0.3, -0.25) is 9.59 Å². The van der Waals surface area contributed by atoms with Crippen LogP contribution in [-0.2, 0) is 6.54 Å². The molecule has 1 N–H and O–H groups in total. The maximum Gasteiger partial charge on any atom is 0.455 e. The van der Waals surface area contributed by atoms with Gasteiger partial charge in [0.05, 0.1) is 9.75 Å². The number of rotatable bonds is 4. The molecule has 1 aromatic carbocycles. The van der Waals surface area contributed by atoms with Crippen molar-refractivity contribution in [2.24, 2.45) is 0 Å². The van der Waals surface area contributed by atoms with Gasteiger partial charge in [0.1, 0.15) is 0 Å². The number of carbonyl (C=O) groups excluding carboxylic acids is 2. The van der Waals surface area contributed by atoms with Crippen molar-refractivity contribution in [3.8, 4) is 0 Å². The number of thiophene rings is 1. The summed E-state index contributed by atoms with van der Waals surface area (Å²) in [6.07, 6.45) is -4.95. The molecule has 0 unspecified atom stereocenters. The van der Waals surface area contributed by atoms with Crippen molar-refractivity contribution in [2.45, 2.75) is 12.7 Å². The molecule has 0 aliphatic heterocycles. The summed E-state index contributed by atoms with van der Waals surface area (Å²) in [5.74, 6) is -2.50. The van der Waals surface area contributed by atoms with Gasteiger partial charge in [0.15, 0.2) is 0 Å². The van der Waals surface area contributed by atoms with E-state index < -0.39 is 22.7 Å². The van der Waals surface area contributed by atoms with Gasteiger partial charge >= 0.3 is 6.18 Å². The van der Waals surface area contributed by atoms with Crippen LogP contribution in [0.15, 0.2) is 36.4 Å². The number of amides is 1. The molecule has 1 amide bonds. The molecule has 0 spiro atoms. The van der Waals surface area contributed by atoms with Gasteiger partial charge in [-0.1, -0.05) is 23.7 Å². The molecule has 3 nitrogen and oxygen atoms in total. The first kappa shape index (κ1) is 16.5. The van der Waals surface area contributed by atoms with Crippen molar-refractivity contribution in [1.29, 1.82) is 0 Å². The number of alkyl halides is 3. The molecule has 0 atom stereocenters. The Balaban J connectivity index is 2.02. The molecule has 0 aliphatic rings. The van der Waals surface area contributed by atoms with Gasteiger partial charge in [0.25, 0.3) is 11.7 Å². The molecule has 2 aromatic rings. The minimum atomic E-state index is -4.95. The maximum atomic E-state index is 12.3. The Morgan fingerprint density at radius 3 is 2.45 bits per heavy atom. The van der Waals surface area contributed by atoms with Gasteiger partial charge in [-0.25, -0.2) is 0 Å². The van der Waals surface area contributed by atoms with E-state index >= 15 is 0 Å². The standard InChI is InChI=1S/C14H9ClF3NO2S/c15-9-3-1-2-8(6-9)7-19-13(21)11-5-4-10(22-11)12(20)14(16,17)18/h1-6H,7H2,(H,19,21). The molecule has 0 radical (unpaired) electrons. The summed E-state index contributed by atoms with van der Waals surface area (Å²) in [5, 5.41) is 3.07. The van der Waals surface area contributed by atoms with Crippen molar-refractivity contribution in [3.05, 3.63) is 56.7 Å². The third-order valence-electron chi connectivity index (χ3n) is 2.65. The van der Waals surface area contributed by atoms with Crippen LogP contribution in [0.3, 0.4) is 0 Å². The molecule has 2 rings (SSSR count). The summed E-state index contributed by atoms with van der Waals surface area (Å²) in [4.78, 5) is 22.4. The highest BCUT2D eigenvalue weighted by Gasteiger charge is 2.40. The molecule has 1 aromatic heterocycles. The Labute approximate surface area is 132 Å². The number of halogens is 4. The molecular weight excluding hydrogens is 339 g/mol. The lowest BCUT2D eigenvalue weighted by Gasteiger charge is -2.04. The van der Waals surface area contributed by atoms with Gasteiger partial charge < -0.3 is 5.32 Å². The van der Waals surface area contributed by atoms with E-state index in [1.54, 1.807) is 24.3 Å². The molecule has 0 saturated carbocycles. The quantitative estimate of drug-likeness (QED) is 0.847. The lowest BCUT2D eigenvalue weighted by Crippen LogP contribution is -2.22. The molecule has 0 saturated heterocycles. The van der Waals surface area contributed by atoms with Crippen molar-refractivity contribution in [3.63, 3.8) is 0 Å². The fourth-order valence-corrected chi connectivity index (χ4v) is 2.73. The summed E-state index contributed by atoms with van der Waals surface area (Å²) < 4.78 is 36.9. The number of carbonyl (C=O) groups is 2. The SMILES string of the molecule is O=C(NCc1cccc(Cl)c1)c1ccc(C(=O)C(F)(F)F)s1. The van der Waals surface area contributed by atoms with Crippen LogP contribution in [0, 0.1) is 0 Å². The number of Topliss-reactive ketones (excluding diaryl/α,β-unsaturated/α-hetero) is 1. The zero-order valence-electron chi connectivity index (χ0n) is 10.9. The van der Waals surface area contributed by atoms with E-state index in [1.165, 1.54) is 6.07 Å². The highest BCUT2D eigenvalue weighted by molar-refractivity contribution is 7.16. The number of benzene rings is 1. The molecule has 1 heterocycles. The van der Waals surface area contributed by atoms with Crippen LogP contribution >= 0.6 is 22.9 Å². The molecule has 0 aliphatic carbocycles. The van der Waals surface area contributed by atoms with Gasteiger partial charge in [0.2, 0.25) is 0 Å². The Morgan fingerprint density at radius 2 is 1.82 bits per heavy atom. The number of hydrogen-bond acceptors (Lipinski definition) is 3. The summed E-state index contributed by atoms with van der Waals surface area (Å²) in [5.41, 5.74) is 0.754. The van der Waals surface area contributed by atoms with Crippen LogP contribution in [0.2, 0.25) is 5.02 Å². The molecule has 22 heavy (non-hydrogen) atoms. The predicted molar refractivity (Wildman–Crippen MR) is 77.3 cm³/mol. The fourth-order valence-electron chi connectivity index (χ4n) is 1.64. The third-order valence-corrected chi connectivity index (χ3v) is 3.97. The summed E-state index contributed by atoms with van der Waals surface area (Å²) in [6.45, 7) is 0.180. The second-order valence-corrected chi connectivity index (χ2v) is 5.82. The summed E-state index contributed by atoms with van der Waals surface area (Å²) in [6, 6.07) is 9.00. The van der Waals surface area contributed by atoms with Crippen LogP contribution in [0.1, 0.15) is 24.9 Å². The van der Waals surface area contributed by atoms with E-state index in [1.807, 2.05) is 0 Å². The first-order valence-corrected chi connectivity index (χ1v) is 7.21. The summed E-state index contributed by atoms with van der Waals surface area (Å²) in [7, 11) is 0. The van der Waals surface area contributed by atoms with Crippen molar-refractivity contribution in [2.75, 3.05) is 0 Å². The fraction of sp³-hybridized carbons (Fsp3) is 0.143. The average molecular weight is 348 g/mol. The zero-order valence-corrected chi connectivity index (χ0v) is 12.5. The van der Waals surface area contributed by atoms with Crippen LogP contribution in [-0.4, -0.2) is 17.9 Å². The Morgan fingerprint density at radius 1 is 1.14 bits per heavy atom. The Kier molecular flexibility index (Phi) is 4.87. The monoisotopic (exact) mass is 347 g/mol. The second-order valence-electron chi connectivity index (χ2n) is 4.30. The van der Waals surface area contributed by atoms with E-state index in [4.69, 9.17) is 11.6 Å². The average Bonchev–Trinajstić information content (AvgIpc) is 2.92. The van der Waals surface area contributed by atoms with Crippen LogP contribution in [0.5, 0.6) is 0 Å². The highest BCUT2D eigenvalue weighted by atomic mass is 35.5. The first-order valence-electron chi connectivity index (χ1n) is 6.01. The van der Waals surface area contributed by atoms with Crippen LogP contribution in [0.25, 0.3) is 0 Å². The van der Waals surface area contributed by atoms with Crippen LogP contribution < -0.4 is 5.32 Å². The molecule has 8 heteroatoms. The predicted octanol–water partition coefficient (Wildman–Crippen LogP) is 4.08. The largest absolute Gasteiger partial charge is 0.455 e. The number of hydrogen-bond donors (Lipinski definition) is 1. The molecule has 0 bridgehead atoms. The Bertz CT molecular complexity index is 712. The van der Waals surface area contributed by atoms with E-state index in [9.17, 15) is 22.8 Å². The first-order chi connectivity index (χ1) is 10.3. The minimum Gasteiger partial charge on any atom is -0.347 e. The molecular formula is C14H9ClF3NO2S. The smallest absolute Gasteiger partial charge is 0.347 e. The maximum absolute atomic E-state index is 12.3. The zero-order chi connectivity index (χ0) is 16.3. The van der Waals surface area contributed by atoms with Crippen molar-refractivity contribution >= 4 is 34.6 Å². The van der Waals surface area contributed by atoms with E-state index in [2.05, 4.69) is 5.32 Å². The van der Waals surface area contributed by atoms with Crippen molar-refractivity contribution in [1.82, 2.24) is 5.32 Å². The Hall–Kier alpha value is -1.86. The van der Waals surface area contributed by atoms with Crippen LogP contribution in [0.4, 0.5) is 13.2 Å². The van der Waals surface area contributed by atoms with E-state index in [0.717, 1.165) is 11.6 Å². The van der Waals surface area contributed by atoms with Crippen molar-refractivity contribution < 1.29 is 22.8 Å². The van der Waals surface area contributed by atoms with Gasteiger partial charge in [-0.15, -0.1) is 11.3 Å². The number of nitrogens with one attached hydrogen (secondary N) is 1. The van der Waals surface area contributed by atoms with Gasteiger partial charge in [0, 0.05) is 11.6 Å². The number of ketones is 1. The summed E-state index contributed by atoms with van der Waals surface area (Å²) >= 11 is 6.31. The van der Waals surface area contributed by atoms with E-state index in [-0.39, 0.29) is 11.4 Å². The molecule has 116 valence electrons. The highest BCUT2D eigenvalue weighted by Crippen LogP contribution is 2.26. The lowest BCUT2D eigenvalue weighted by atomic mass is 10.2. The van der Waals surface area contributed by atoms with Gasteiger partial charge in [-0.05, 0) is 29.8 Å². The van der Waals surface area contributed by atoms with E-state index in [0.29, 0.717) is 16.4 Å². The van der Waals surface area contributed by atoms with Gasteiger partial charge in [-0.2, -0.15) is 13.2 Å². The normalized spacial score (nSPS) is 11.3. The third kappa shape index (κ3) is 4.08. The second kappa shape index (κ2) is 6.50.